The Labute approximate surface area is 107 Å². The Hall–Kier alpha value is -0.120. The molecule has 1 unspecified atom stereocenters. The predicted molar refractivity (Wildman–Crippen MR) is 73.5 cm³/mol. The van der Waals surface area contributed by atoms with Gasteiger partial charge in [0.1, 0.15) is 0 Å². The van der Waals surface area contributed by atoms with Crippen molar-refractivity contribution in [2.45, 2.75) is 58.9 Å². The Morgan fingerprint density at radius 3 is 2.24 bits per heavy atom. The van der Waals surface area contributed by atoms with Gasteiger partial charge < -0.3 is 14.8 Å². The average Bonchev–Trinajstić information content (AvgIpc) is 2.33. The largest absolute Gasteiger partial charge is 0.379 e. The van der Waals surface area contributed by atoms with Crippen LogP contribution in [-0.2, 0) is 9.47 Å². The van der Waals surface area contributed by atoms with Gasteiger partial charge in [-0.25, -0.2) is 0 Å². The summed E-state index contributed by atoms with van der Waals surface area (Å²) in [5.74, 6) is 0. The molecule has 0 aromatic carbocycles. The second kappa shape index (κ2) is 13.9. The zero-order valence-electron chi connectivity index (χ0n) is 12.0. The third-order valence-electron chi connectivity index (χ3n) is 2.70. The molecule has 0 aromatic heterocycles. The molecule has 0 aromatic rings. The second-order valence-corrected chi connectivity index (χ2v) is 4.58. The zero-order valence-corrected chi connectivity index (χ0v) is 12.0. The highest BCUT2D eigenvalue weighted by atomic mass is 16.5. The molecular formula is C14H31NO2. The van der Waals surface area contributed by atoms with Crippen molar-refractivity contribution in [2.75, 3.05) is 33.0 Å². The fourth-order valence-corrected chi connectivity index (χ4v) is 1.65. The van der Waals surface area contributed by atoms with Crippen molar-refractivity contribution in [1.82, 2.24) is 5.32 Å². The summed E-state index contributed by atoms with van der Waals surface area (Å²) in [6, 6.07) is 0.612. The van der Waals surface area contributed by atoms with E-state index in [1.165, 1.54) is 25.7 Å². The molecule has 1 atom stereocenters. The summed E-state index contributed by atoms with van der Waals surface area (Å²) in [5, 5.41) is 3.48. The number of unbranched alkanes of at least 4 members (excludes halogenated alkanes) is 2. The average molecular weight is 245 g/mol. The molecule has 0 rings (SSSR count). The normalized spacial score (nSPS) is 12.9. The van der Waals surface area contributed by atoms with E-state index in [0.717, 1.165) is 32.8 Å². The maximum absolute atomic E-state index is 5.47. The Balaban J connectivity index is 3.05. The summed E-state index contributed by atoms with van der Waals surface area (Å²) in [7, 11) is 0. The van der Waals surface area contributed by atoms with Gasteiger partial charge in [-0.1, -0.05) is 33.1 Å². The van der Waals surface area contributed by atoms with E-state index in [9.17, 15) is 0 Å². The molecule has 0 spiro atoms. The van der Waals surface area contributed by atoms with Crippen molar-refractivity contribution in [3.05, 3.63) is 0 Å². The van der Waals surface area contributed by atoms with E-state index in [2.05, 4.69) is 26.1 Å². The predicted octanol–water partition coefficient (Wildman–Crippen LogP) is 2.99. The number of hydrogen-bond acceptors (Lipinski definition) is 3. The molecule has 1 N–H and O–H groups in total. The van der Waals surface area contributed by atoms with E-state index < -0.39 is 0 Å². The van der Waals surface area contributed by atoms with Crippen LogP contribution in [0.1, 0.15) is 52.9 Å². The molecule has 0 amide bonds. The van der Waals surface area contributed by atoms with Gasteiger partial charge in [0.15, 0.2) is 0 Å². The van der Waals surface area contributed by atoms with Crippen molar-refractivity contribution < 1.29 is 9.47 Å². The lowest BCUT2D eigenvalue weighted by molar-refractivity contribution is 0.0485. The molecule has 104 valence electrons. The van der Waals surface area contributed by atoms with Crippen LogP contribution < -0.4 is 5.32 Å². The van der Waals surface area contributed by atoms with E-state index in [0.29, 0.717) is 12.6 Å². The van der Waals surface area contributed by atoms with E-state index in [-0.39, 0.29) is 0 Å². The first-order chi connectivity index (χ1) is 8.31. The highest BCUT2D eigenvalue weighted by Gasteiger charge is 1.99. The number of ether oxygens (including phenoxy) is 2. The lowest BCUT2D eigenvalue weighted by Crippen LogP contribution is -2.29. The summed E-state index contributed by atoms with van der Waals surface area (Å²) in [6.45, 7) is 10.6. The number of hydrogen-bond donors (Lipinski definition) is 1. The monoisotopic (exact) mass is 245 g/mol. The minimum Gasteiger partial charge on any atom is -0.379 e. The Morgan fingerprint density at radius 2 is 1.59 bits per heavy atom. The van der Waals surface area contributed by atoms with Crippen LogP contribution in [0.2, 0.25) is 0 Å². The van der Waals surface area contributed by atoms with Crippen LogP contribution in [-0.4, -0.2) is 39.0 Å². The molecule has 0 fully saturated rings. The molecule has 0 aliphatic carbocycles. The molecule has 0 heterocycles. The van der Waals surface area contributed by atoms with E-state index in [4.69, 9.17) is 9.47 Å². The number of nitrogens with one attached hydrogen (secondary N) is 1. The van der Waals surface area contributed by atoms with Crippen LogP contribution in [0, 0.1) is 0 Å². The van der Waals surface area contributed by atoms with Gasteiger partial charge in [0, 0.05) is 19.2 Å². The highest BCUT2D eigenvalue weighted by molar-refractivity contribution is 4.59. The van der Waals surface area contributed by atoms with Crippen molar-refractivity contribution in [1.29, 1.82) is 0 Å². The van der Waals surface area contributed by atoms with Crippen LogP contribution in [0.3, 0.4) is 0 Å². The van der Waals surface area contributed by atoms with Gasteiger partial charge in [0.05, 0.1) is 19.8 Å². The van der Waals surface area contributed by atoms with Crippen molar-refractivity contribution >= 4 is 0 Å². The van der Waals surface area contributed by atoms with Gasteiger partial charge in [-0.2, -0.15) is 0 Å². The van der Waals surface area contributed by atoms with Gasteiger partial charge in [-0.3, -0.25) is 0 Å². The standard InChI is InChI=1S/C14H31NO2/c1-4-6-7-8-14(3)15-9-11-17-13-12-16-10-5-2/h14-15H,4-13H2,1-3H3. The lowest BCUT2D eigenvalue weighted by Gasteiger charge is -2.13. The van der Waals surface area contributed by atoms with E-state index in [1.807, 2.05) is 0 Å². The first-order valence-corrected chi connectivity index (χ1v) is 7.20. The van der Waals surface area contributed by atoms with Gasteiger partial charge in [0.2, 0.25) is 0 Å². The topological polar surface area (TPSA) is 30.5 Å². The summed E-state index contributed by atoms with van der Waals surface area (Å²) >= 11 is 0. The van der Waals surface area contributed by atoms with Crippen LogP contribution >= 0.6 is 0 Å². The second-order valence-electron chi connectivity index (χ2n) is 4.58. The summed E-state index contributed by atoms with van der Waals surface area (Å²) in [6.07, 6.45) is 6.32. The van der Waals surface area contributed by atoms with Crippen molar-refractivity contribution in [2.24, 2.45) is 0 Å². The maximum atomic E-state index is 5.47. The van der Waals surface area contributed by atoms with E-state index in [1.54, 1.807) is 0 Å². The Bertz CT molecular complexity index is 142. The first-order valence-electron chi connectivity index (χ1n) is 7.20. The first kappa shape index (κ1) is 16.9. The van der Waals surface area contributed by atoms with Crippen LogP contribution in [0.4, 0.5) is 0 Å². The third kappa shape index (κ3) is 13.8. The minimum atomic E-state index is 0.612. The third-order valence-corrected chi connectivity index (χ3v) is 2.70. The molecule has 0 bridgehead atoms. The summed E-state index contributed by atoms with van der Waals surface area (Å²) < 4.78 is 10.8. The van der Waals surface area contributed by atoms with Crippen molar-refractivity contribution in [3.63, 3.8) is 0 Å². The van der Waals surface area contributed by atoms with Crippen molar-refractivity contribution in [3.8, 4) is 0 Å². The SMILES string of the molecule is CCCCCC(C)NCCOCCOCCC. The van der Waals surface area contributed by atoms with Gasteiger partial charge >= 0.3 is 0 Å². The van der Waals surface area contributed by atoms with Crippen LogP contribution in [0.25, 0.3) is 0 Å². The Kier molecular flexibility index (Phi) is 13.8. The molecule has 3 nitrogen and oxygen atoms in total. The number of rotatable bonds is 13. The summed E-state index contributed by atoms with van der Waals surface area (Å²) in [4.78, 5) is 0. The fraction of sp³-hybridized carbons (Fsp3) is 1.00. The summed E-state index contributed by atoms with van der Waals surface area (Å²) in [5.41, 5.74) is 0. The van der Waals surface area contributed by atoms with E-state index >= 15 is 0 Å². The lowest BCUT2D eigenvalue weighted by atomic mass is 10.1. The molecule has 0 aliphatic heterocycles. The molecular weight excluding hydrogens is 214 g/mol. The van der Waals surface area contributed by atoms with Gasteiger partial charge in [0.25, 0.3) is 0 Å². The quantitative estimate of drug-likeness (QED) is 0.506. The molecule has 17 heavy (non-hydrogen) atoms. The molecule has 0 radical (unpaired) electrons. The maximum Gasteiger partial charge on any atom is 0.0701 e. The van der Waals surface area contributed by atoms with Gasteiger partial charge in [-0.15, -0.1) is 0 Å². The molecule has 0 aliphatic rings. The smallest absolute Gasteiger partial charge is 0.0701 e. The zero-order chi connectivity index (χ0) is 12.8. The van der Waals surface area contributed by atoms with Gasteiger partial charge in [-0.05, 0) is 19.8 Å². The molecule has 3 heteroatoms. The fourth-order valence-electron chi connectivity index (χ4n) is 1.65. The Morgan fingerprint density at radius 1 is 0.882 bits per heavy atom. The molecule has 0 saturated heterocycles. The molecule has 0 saturated carbocycles. The van der Waals surface area contributed by atoms with Crippen LogP contribution in [0.15, 0.2) is 0 Å². The highest BCUT2D eigenvalue weighted by Crippen LogP contribution is 2.02. The minimum absolute atomic E-state index is 0.612. The van der Waals surface area contributed by atoms with Crippen LogP contribution in [0.5, 0.6) is 0 Å².